The van der Waals surface area contributed by atoms with Crippen LogP contribution in [0.2, 0.25) is 0 Å². The molecule has 4 unspecified atom stereocenters. The third-order valence-electron chi connectivity index (χ3n) is 4.61. The van der Waals surface area contributed by atoms with E-state index in [0.717, 1.165) is 0 Å². The third kappa shape index (κ3) is 10.3. The number of carbonyl (C=O) groups is 5. The second-order valence-electron chi connectivity index (χ2n) is 8.09. The number of carboxylic acid groups (broad SMARTS) is 2. The lowest BCUT2D eigenvalue weighted by Crippen LogP contribution is -2.60. The number of aliphatic carboxylic acids is 2. The van der Waals surface area contributed by atoms with Crippen molar-refractivity contribution in [2.24, 2.45) is 11.8 Å². The maximum Gasteiger partial charge on any atom is 0.326 e. The molecule has 11 nitrogen and oxygen atoms in total. The average molecular weight is 446 g/mol. The van der Waals surface area contributed by atoms with Crippen LogP contribution in [0.1, 0.15) is 60.3 Å². The Bertz CT molecular complexity index is 650. The quantitative estimate of drug-likeness (QED) is 0.213. The maximum absolute atomic E-state index is 12.8. The summed E-state index contributed by atoms with van der Waals surface area (Å²) in [7, 11) is 0. The summed E-state index contributed by atoms with van der Waals surface area (Å²) >= 11 is 0. The van der Waals surface area contributed by atoms with Gasteiger partial charge >= 0.3 is 11.9 Å². The van der Waals surface area contributed by atoms with Crippen LogP contribution in [0.4, 0.5) is 0 Å². The Morgan fingerprint density at radius 2 is 1.32 bits per heavy atom. The zero-order valence-corrected chi connectivity index (χ0v) is 18.7. The first-order valence-electron chi connectivity index (χ1n) is 10.3. The van der Waals surface area contributed by atoms with Gasteiger partial charge < -0.3 is 31.3 Å². The van der Waals surface area contributed by atoms with E-state index in [0.29, 0.717) is 6.42 Å². The van der Waals surface area contributed by atoms with Crippen LogP contribution in [0.5, 0.6) is 0 Å². The van der Waals surface area contributed by atoms with Gasteiger partial charge in [-0.05, 0) is 24.7 Å². The number of hydrogen-bond donors (Lipinski definition) is 6. The summed E-state index contributed by atoms with van der Waals surface area (Å²) in [6.07, 6.45) is -1.29. The van der Waals surface area contributed by atoms with Crippen LogP contribution in [-0.4, -0.2) is 69.2 Å². The van der Waals surface area contributed by atoms with Gasteiger partial charge in [0.2, 0.25) is 17.7 Å². The Labute approximate surface area is 182 Å². The molecular weight excluding hydrogens is 410 g/mol. The van der Waals surface area contributed by atoms with Gasteiger partial charge in [0.1, 0.15) is 18.1 Å². The van der Waals surface area contributed by atoms with Crippen molar-refractivity contribution in [1.29, 1.82) is 0 Å². The van der Waals surface area contributed by atoms with E-state index in [1.807, 2.05) is 0 Å². The standard InChI is InChI=1S/C20H35N3O8/c1-6-7-13(24)22-16(17(27)11(4)5)19(29)23-15(10(2)3)18(28)21-12(20(30)31)8-9-14(25)26/h10-12,15-17,27H,6-9H2,1-5H3,(H,21,28)(H,22,24)(H,23,29)(H,25,26)(H,30,31). The predicted molar refractivity (Wildman–Crippen MR) is 111 cm³/mol. The summed E-state index contributed by atoms with van der Waals surface area (Å²) in [5, 5.41) is 35.6. The number of carbonyl (C=O) groups excluding carboxylic acids is 3. The molecule has 0 aromatic carbocycles. The number of carboxylic acids is 2. The fraction of sp³-hybridized carbons (Fsp3) is 0.750. The number of amides is 3. The molecule has 0 aliphatic heterocycles. The highest BCUT2D eigenvalue weighted by Gasteiger charge is 2.35. The summed E-state index contributed by atoms with van der Waals surface area (Å²) < 4.78 is 0. The molecule has 0 rings (SSSR count). The number of nitrogens with one attached hydrogen (secondary N) is 3. The molecule has 0 bridgehead atoms. The van der Waals surface area contributed by atoms with Crippen LogP contribution < -0.4 is 16.0 Å². The fourth-order valence-electron chi connectivity index (χ4n) is 2.73. The van der Waals surface area contributed by atoms with E-state index in [4.69, 9.17) is 5.11 Å². The summed E-state index contributed by atoms with van der Waals surface area (Å²) in [6.45, 7) is 8.38. The lowest BCUT2D eigenvalue weighted by molar-refractivity contribution is -0.144. The molecule has 0 saturated carbocycles. The van der Waals surface area contributed by atoms with Crippen LogP contribution in [0.15, 0.2) is 0 Å². The fourth-order valence-corrected chi connectivity index (χ4v) is 2.73. The van der Waals surface area contributed by atoms with Crippen molar-refractivity contribution < 1.29 is 39.3 Å². The molecule has 0 saturated heterocycles. The van der Waals surface area contributed by atoms with Gasteiger partial charge in [0.05, 0.1) is 6.10 Å². The van der Waals surface area contributed by atoms with E-state index in [-0.39, 0.29) is 18.8 Å². The molecule has 0 fully saturated rings. The van der Waals surface area contributed by atoms with Gasteiger partial charge in [-0.3, -0.25) is 19.2 Å². The molecule has 0 aromatic heterocycles. The minimum atomic E-state index is -1.44. The summed E-state index contributed by atoms with van der Waals surface area (Å²) in [4.78, 5) is 59.5. The number of rotatable bonds is 14. The van der Waals surface area contributed by atoms with Crippen molar-refractivity contribution in [3.8, 4) is 0 Å². The SMILES string of the molecule is CCCC(=O)NC(C(=O)NC(C(=O)NC(CCC(=O)O)C(=O)O)C(C)C)C(O)C(C)C. The predicted octanol–water partition coefficient (Wildman–Crippen LogP) is -0.137. The van der Waals surface area contributed by atoms with Crippen molar-refractivity contribution in [3.63, 3.8) is 0 Å². The van der Waals surface area contributed by atoms with Crippen molar-refractivity contribution in [2.45, 2.75) is 84.5 Å². The summed E-state index contributed by atoms with van der Waals surface area (Å²) in [5.74, 6) is -5.44. The number of aliphatic hydroxyl groups excluding tert-OH is 1. The van der Waals surface area contributed by atoms with Gasteiger partial charge in [-0.25, -0.2) is 4.79 Å². The van der Waals surface area contributed by atoms with Crippen molar-refractivity contribution >= 4 is 29.7 Å². The molecule has 31 heavy (non-hydrogen) atoms. The van der Waals surface area contributed by atoms with Crippen molar-refractivity contribution in [3.05, 3.63) is 0 Å². The maximum atomic E-state index is 12.8. The Morgan fingerprint density at radius 3 is 1.74 bits per heavy atom. The second kappa shape index (κ2) is 13.6. The number of hydrogen-bond acceptors (Lipinski definition) is 6. The average Bonchev–Trinajstić information content (AvgIpc) is 2.65. The Hall–Kier alpha value is -2.69. The van der Waals surface area contributed by atoms with E-state index < -0.39 is 66.2 Å². The molecule has 3 amide bonds. The molecule has 0 spiro atoms. The van der Waals surface area contributed by atoms with E-state index in [9.17, 15) is 34.2 Å². The Balaban J connectivity index is 5.46. The van der Waals surface area contributed by atoms with Crippen LogP contribution in [0, 0.1) is 11.8 Å². The van der Waals surface area contributed by atoms with Gasteiger partial charge in [0.25, 0.3) is 0 Å². The van der Waals surface area contributed by atoms with Crippen LogP contribution >= 0.6 is 0 Å². The molecule has 4 atom stereocenters. The van der Waals surface area contributed by atoms with Crippen LogP contribution in [0.3, 0.4) is 0 Å². The zero-order chi connectivity index (χ0) is 24.3. The minimum Gasteiger partial charge on any atom is -0.481 e. The van der Waals surface area contributed by atoms with E-state index >= 15 is 0 Å². The van der Waals surface area contributed by atoms with Gasteiger partial charge in [-0.15, -0.1) is 0 Å². The smallest absolute Gasteiger partial charge is 0.326 e. The minimum absolute atomic E-state index is 0.159. The Morgan fingerprint density at radius 1 is 0.774 bits per heavy atom. The van der Waals surface area contributed by atoms with E-state index in [2.05, 4.69) is 16.0 Å². The van der Waals surface area contributed by atoms with Gasteiger partial charge in [0, 0.05) is 12.8 Å². The lowest BCUT2D eigenvalue weighted by Gasteiger charge is -2.29. The van der Waals surface area contributed by atoms with Crippen molar-refractivity contribution in [2.75, 3.05) is 0 Å². The molecule has 0 aromatic rings. The lowest BCUT2D eigenvalue weighted by atomic mass is 9.96. The largest absolute Gasteiger partial charge is 0.481 e. The monoisotopic (exact) mass is 445 g/mol. The topological polar surface area (TPSA) is 182 Å². The zero-order valence-electron chi connectivity index (χ0n) is 18.7. The number of aliphatic hydroxyl groups is 1. The van der Waals surface area contributed by atoms with E-state index in [1.165, 1.54) is 0 Å². The van der Waals surface area contributed by atoms with Crippen LogP contribution in [-0.2, 0) is 24.0 Å². The molecule has 6 N–H and O–H groups in total. The molecular formula is C20H35N3O8. The summed E-state index contributed by atoms with van der Waals surface area (Å²) in [6, 6.07) is -3.90. The summed E-state index contributed by atoms with van der Waals surface area (Å²) in [5.41, 5.74) is 0. The first-order valence-corrected chi connectivity index (χ1v) is 10.3. The van der Waals surface area contributed by atoms with Gasteiger partial charge in [0.15, 0.2) is 0 Å². The molecule has 0 aliphatic rings. The molecule has 0 heterocycles. The van der Waals surface area contributed by atoms with Crippen molar-refractivity contribution in [1.82, 2.24) is 16.0 Å². The third-order valence-corrected chi connectivity index (χ3v) is 4.61. The molecule has 11 heteroatoms. The normalized spacial score (nSPS) is 15.0. The molecule has 178 valence electrons. The molecule has 0 radical (unpaired) electrons. The molecule has 0 aliphatic carbocycles. The first kappa shape index (κ1) is 28.3. The van der Waals surface area contributed by atoms with Gasteiger partial charge in [-0.2, -0.15) is 0 Å². The highest BCUT2D eigenvalue weighted by atomic mass is 16.4. The first-order chi connectivity index (χ1) is 14.3. The highest BCUT2D eigenvalue weighted by molar-refractivity contribution is 5.93. The van der Waals surface area contributed by atoms with Crippen LogP contribution in [0.25, 0.3) is 0 Å². The highest BCUT2D eigenvalue weighted by Crippen LogP contribution is 2.10. The Kier molecular flexibility index (Phi) is 12.4. The van der Waals surface area contributed by atoms with Gasteiger partial charge in [-0.1, -0.05) is 34.6 Å². The van der Waals surface area contributed by atoms with E-state index in [1.54, 1.807) is 34.6 Å². The second-order valence-corrected chi connectivity index (χ2v) is 8.09.